The highest BCUT2D eigenvalue weighted by Crippen LogP contribution is 1.93. The number of hydrogen-bond acceptors (Lipinski definition) is 3. The van der Waals surface area contributed by atoms with Crippen molar-refractivity contribution in [3.63, 3.8) is 0 Å². The van der Waals surface area contributed by atoms with E-state index in [4.69, 9.17) is 0 Å². The van der Waals surface area contributed by atoms with Crippen LogP contribution < -0.4 is 16.0 Å². The van der Waals surface area contributed by atoms with E-state index in [1.165, 1.54) is 0 Å². The molecule has 0 heterocycles. The van der Waals surface area contributed by atoms with Gasteiger partial charge in [-0.1, -0.05) is 0 Å². The Labute approximate surface area is 78.3 Å². The largest absolute Gasteiger partial charge is 0.323 e. The van der Waals surface area contributed by atoms with Crippen LogP contribution in [0.4, 0.5) is 0 Å². The topological polar surface area (TPSA) is 36.1 Å². The second kappa shape index (κ2) is 13.5. The van der Waals surface area contributed by atoms with Crippen molar-refractivity contribution in [3.8, 4) is 0 Å². The van der Waals surface area contributed by atoms with Crippen LogP contribution in [0.25, 0.3) is 0 Å². The van der Waals surface area contributed by atoms with E-state index in [0.29, 0.717) is 5.54 Å². The summed E-state index contributed by atoms with van der Waals surface area (Å²) in [7, 11) is 9.46. The summed E-state index contributed by atoms with van der Waals surface area (Å²) in [6.45, 7) is 6.40. The normalized spacial score (nSPS) is 9.00. The van der Waals surface area contributed by atoms with E-state index >= 15 is 0 Å². The molecule has 0 rings (SSSR count). The van der Waals surface area contributed by atoms with Crippen LogP contribution in [0.5, 0.6) is 0 Å². The van der Waals surface area contributed by atoms with E-state index in [1.54, 1.807) is 0 Å². The van der Waals surface area contributed by atoms with E-state index in [1.807, 2.05) is 35.2 Å². The summed E-state index contributed by atoms with van der Waals surface area (Å²) < 4.78 is 0. The van der Waals surface area contributed by atoms with Crippen molar-refractivity contribution >= 4 is 0 Å². The molecule has 0 radical (unpaired) electrons. The summed E-state index contributed by atoms with van der Waals surface area (Å²) in [6, 6.07) is 0. The zero-order valence-electron chi connectivity index (χ0n) is 10.0. The molecule has 0 bridgehead atoms. The fraction of sp³-hybridized carbons (Fsp3) is 1.00. The van der Waals surface area contributed by atoms with E-state index in [2.05, 4.69) is 36.7 Å². The molecule has 0 amide bonds. The third-order valence-electron chi connectivity index (χ3n) is 0.750. The minimum atomic E-state index is 0.292. The average molecular weight is 177 g/mol. The molecule has 0 aromatic heterocycles. The smallest absolute Gasteiger partial charge is 0.00935 e. The van der Waals surface area contributed by atoms with Crippen molar-refractivity contribution in [1.29, 1.82) is 0 Å². The SMILES string of the molecule is CNC.CNC.CNC(C)(C)C. The average Bonchev–Trinajstić information content (AvgIpc) is 1.90. The summed E-state index contributed by atoms with van der Waals surface area (Å²) in [5.74, 6) is 0. The fourth-order valence-electron chi connectivity index (χ4n) is 0. The van der Waals surface area contributed by atoms with Gasteiger partial charge in [-0.3, -0.25) is 0 Å². The van der Waals surface area contributed by atoms with Gasteiger partial charge >= 0.3 is 0 Å². The lowest BCUT2D eigenvalue weighted by molar-refractivity contribution is 0.469. The van der Waals surface area contributed by atoms with Gasteiger partial charge in [-0.05, 0) is 56.0 Å². The van der Waals surface area contributed by atoms with Gasteiger partial charge in [0.05, 0.1) is 0 Å². The highest BCUT2D eigenvalue weighted by molar-refractivity contribution is 4.65. The van der Waals surface area contributed by atoms with Crippen LogP contribution in [0.1, 0.15) is 20.8 Å². The zero-order valence-corrected chi connectivity index (χ0v) is 10.0. The van der Waals surface area contributed by atoms with Gasteiger partial charge in [-0.15, -0.1) is 0 Å². The van der Waals surface area contributed by atoms with Crippen LogP contribution >= 0.6 is 0 Å². The monoisotopic (exact) mass is 177 g/mol. The Morgan fingerprint density at radius 3 is 0.750 bits per heavy atom. The Hall–Kier alpha value is -0.120. The molecular formula is C9H27N3. The molecular weight excluding hydrogens is 150 g/mol. The maximum atomic E-state index is 3.10. The van der Waals surface area contributed by atoms with Gasteiger partial charge in [0.2, 0.25) is 0 Å². The van der Waals surface area contributed by atoms with Gasteiger partial charge in [0.25, 0.3) is 0 Å². The third-order valence-corrected chi connectivity index (χ3v) is 0.750. The maximum absolute atomic E-state index is 3.10. The van der Waals surface area contributed by atoms with Gasteiger partial charge in [0.1, 0.15) is 0 Å². The molecule has 0 aliphatic carbocycles. The molecule has 0 saturated heterocycles. The van der Waals surface area contributed by atoms with Crippen LogP contribution in [0.3, 0.4) is 0 Å². The molecule has 3 nitrogen and oxygen atoms in total. The molecule has 0 atom stereocenters. The van der Waals surface area contributed by atoms with Gasteiger partial charge in [-0.2, -0.15) is 0 Å². The minimum Gasteiger partial charge on any atom is -0.323 e. The summed E-state index contributed by atoms with van der Waals surface area (Å²) in [5, 5.41) is 8.60. The maximum Gasteiger partial charge on any atom is 0.00935 e. The van der Waals surface area contributed by atoms with Crippen LogP contribution in [-0.4, -0.2) is 40.8 Å². The predicted octanol–water partition coefficient (Wildman–Crippen LogP) is 0.676. The van der Waals surface area contributed by atoms with Crippen LogP contribution in [-0.2, 0) is 0 Å². The molecule has 0 aromatic rings. The summed E-state index contributed by atoms with van der Waals surface area (Å²) >= 11 is 0. The van der Waals surface area contributed by atoms with Crippen molar-refractivity contribution < 1.29 is 0 Å². The van der Waals surface area contributed by atoms with Crippen molar-refractivity contribution in [3.05, 3.63) is 0 Å². The van der Waals surface area contributed by atoms with Gasteiger partial charge < -0.3 is 16.0 Å². The zero-order chi connectivity index (χ0) is 10.6. The lowest BCUT2D eigenvalue weighted by atomic mass is 10.1. The lowest BCUT2D eigenvalue weighted by Crippen LogP contribution is -2.31. The Bertz CT molecular complexity index is 55.3. The van der Waals surface area contributed by atoms with Gasteiger partial charge in [-0.25, -0.2) is 0 Å². The first kappa shape index (κ1) is 17.8. The van der Waals surface area contributed by atoms with Crippen molar-refractivity contribution in [2.45, 2.75) is 26.3 Å². The summed E-state index contributed by atoms with van der Waals surface area (Å²) in [6.07, 6.45) is 0. The van der Waals surface area contributed by atoms with Crippen molar-refractivity contribution in [2.75, 3.05) is 35.2 Å². The summed E-state index contributed by atoms with van der Waals surface area (Å²) in [5.41, 5.74) is 0.292. The Morgan fingerprint density at radius 2 is 0.750 bits per heavy atom. The fourth-order valence-corrected chi connectivity index (χ4v) is 0. The Kier molecular flexibility index (Phi) is 20.0. The molecule has 0 unspecified atom stereocenters. The Morgan fingerprint density at radius 1 is 0.667 bits per heavy atom. The van der Waals surface area contributed by atoms with Gasteiger partial charge in [0.15, 0.2) is 0 Å². The minimum absolute atomic E-state index is 0.292. The number of hydrogen-bond donors (Lipinski definition) is 3. The second-order valence-electron chi connectivity index (χ2n) is 3.50. The van der Waals surface area contributed by atoms with E-state index in [-0.39, 0.29) is 0 Å². The first-order valence-corrected chi connectivity index (χ1v) is 4.25. The first-order valence-electron chi connectivity index (χ1n) is 4.25. The van der Waals surface area contributed by atoms with E-state index in [9.17, 15) is 0 Å². The van der Waals surface area contributed by atoms with Gasteiger partial charge in [0, 0.05) is 5.54 Å². The predicted molar refractivity (Wildman–Crippen MR) is 58.8 cm³/mol. The van der Waals surface area contributed by atoms with Crippen molar-refractivity contribution in [1.82, 2.24) is 16.0 Å². The number of nitrogens with one attached hydrogen (secondary N) is 3. The van der Waals surface area contributed by atoms with Crippen molar-refractivity contribution in [2.24, 2.45) is 0 Å². The third kappa shape index (κ3) is 93.9. The lowest BCUT2D eigenvalue weighted by Gasteiger charge is -2.15. The van der Waals surface area contributed by atoms with Crippen LogP contribution in [0.15, 0.2) is 0 Å². The molecule has 0 fully saturated rings. The van der Waals surface area contributed by atoms with E-state index < -0.39 is 0 Å². The molecule has 12 heavy (non-hydrogen) atoms. The molecule has 3 N–H and O–H groups in total. The molecule has 3 heteroatoms. The molecule has 0 spiro atoms. The highest BCUT2D eigenvalue weighted by atomic mass is 14.9. The standard InChI is InChI=1S/C5H13N.2C2H7N/c1-5(2,3)6-4;2*1-3-2/h6H,1-4H3;2*3H,1-2H3. The summed E-state index contributed by atoms with van der Waals surface area (Å²) in [4.78, 5) is 0. The molecule has 78 valence electrons. The Balaban J connectivity index is -0.000000115. The molecule has 0 saturated carbocycles. The first-order chi connectivity index (χ1) is 5.39. The molecule has 0 aliphatic rings. The molecule has 0 aromatic carbocycles. The quantitative estimate of drug-likeness (QED) is 0.509. The van der Waals surface area contributed by atoms with E-state index in [0.717, 1.165) is 0 Å². The highest BCUT2D eigenvalue weighted by Gasteiger charge is 2.01. The van der Waals surface area contributed by atoms with Crippen LogP contribution in [0.2, 0.25) is 0 Å². The van der Waals surface area contributed by atoms with Crippen LogP contribution in [0, 0.1) is 0 Å². The second-order valence-corrected chi connectivity index (χ2v) is 3.50. The molecule has 0 aliphatic heterocycles. The number of rotatable bonds is 0.